The highest BCUT2D eigenvalue weighted by molar-refractivity contribution is 5.73. The molecule has 0 unspecified atom stereocenters. The first-order valence-corrected chi connectivity index (χ1v) is 4.71. The van der Waals surface area contributed by atoms with Crippen molar-refractivity contribution in [2.75, 3.05) is 6.61 Å². The van der Waals surface area contributed by atoms with Gasteiger partial charge in [0.2, 0.25) is 5.91 Å². The molecule has 0 saturated carbocycles. The molecule has 94 valence electrons. The molecule has 0 aliphatic carbocycles. The predicted octanol–water partition coefficient (Wildman–Crippen LogP) is -2.58. The van der Waals surface area contributed by atoms with Crippen LogP contribution in [0.4, 0.5) is 0 Å². The monoisotopic (exact) mass is 237 g/mol. The fourth-order valence-electron chi connectivity index (χ4n) is 1.60. The fraction of sp³-hybridized carbons (Fsp3) is 0.875. The summed E-state index contributed by atoms with van der Waals surface area (Å²) >= 11 is 0. The lowest BCUT2D eigenvalue weighted by Gasteiger charge is -2.40. The Balaban J connectivity index is 2.78. The van der Waals surface area contributed by atoms with E-state index in [1.165, 1.54) is 6.92 Å². The minimum Gasteiger partial charge on any atom is -0.394 e. The predicted molar refractivity (Wildman–Crippen MR) is 49.1 cm³/mol. The van der Waals surface area contributed by atoms with E-state index < -0.39 is 43.2 Å². The van der Waals surface area contributed by atoms with E-state index in [4.69, 9.17) is 15.1 Å². The van der Waals surface area contributed by atoms with Gasteiger partial charge < -0.3 is 25.4 Å². The van der Waals surface area contributed by atoms with Crippen molar-refractivity contribution >= 4 is 5.91 Å². The third kappa shape index (κ3) is 2.67. The van der Waals surface area contributed by atoms with Gasteiger partial charge in [-0.05, 0) is 0 Å². The normalized spacial score (nSPS) is 39.4. The summed E-state index contributed by atoms with van der Waals surface area (Å²) in [4.78, 5) is 14.8. The van der Waals surface area contributed by atoms with Crippen molar-refractivity contribution in [3.63, 3.8) is 0 Å². The Bertz CT molecular complexity index is 249. The quantitative estimate of drug-likeness (QED) is 0.269. The highest BCUT2D eigenvalue weighted by atomic mass is 17.1. The van der Waals surface area contributed by atoms with Crippen LogP contribution in [0.3, 0.4) is 0 Å². The molecular weight excluding hydrogens is 222 g/mol. The van der Waals surface area contributed by atoms with Gasteiger partial charge in [-0.15, -0.1) is 0 Å². The third-order valence-corrected chi connectivity index (χ3v) is 2.36. The summed E-state index contributed by atoms with van der Waals surface area (Å²) in [6.45, 7) is 0.649. The molecule has 1 amide bonds. The van der Waals surface area contributed by atoms with E-state index in [9.17, 15) is 15.0 Å². The first kappa shape index (κ1) is 13.3. The molecule has 0 aromatic carbocycles. The third-order valence-electron chi connectivity index (χ3n) is 2.36. The molecule has 0 aromatic heterocycles. The molecule has 1 heterocycles. The Kier molecular flexibility index (Phi) is 4.59. The largest absolute Gasteiger partial charge is 0.394 e. The van der Waals surface area contributed by atoms with Crippen LogP contribution in [0.1, 0.15) is 6.92 Å². The van der Waals surface area contributed by atoms with E-state index >= 15 is 0 Å². The zero-order chi connectivity index (χ0) is 12.3. The first-order chi connectivity index (χ1) is 7.51. The molecule has 8 nitrogen and oxygen atoms in total. The molecule has 0 aromatic rings. The number of rotatable bonds is 3. The average molecular weight is 237 g/mol. The van der Waals surface area contributed by atoms with Crippen molar-refractivity contribution in [3.05, 3.63) is 0 Å². The number of carbonyl (C=O) groups excluding carboxylic acids is 1. The number of nitrogens with one attached hydrogen (secondary N) is 1. The lowest BCUT2D eigenvalue weighted by molar-refractivity contribution is -0.351. The first-order valence-electron chi connectivity index (χ1n) is 4.71. The molecule has 1 saturated heterocycles. The van der Waals surface area contributed by atoms with E-state index in [1.807, 2.05) is 0 Å². The van der Waals surface area contributed by atoms with Gasteiger partial charge in [-0.1, -0.05) is 0 Å². The number of aliphatic hydroxyl groups is 3. The van der Waals surface area contributed by atoms with Crippen LogP contribution in [0, 0.1) is 0 Å². The van der Waals surface area contributed by atoms with Crippen molar-refractivity contribution in [1.29, 1.82) is 0 Å². The Morgan fingerprint density at radius 1 is 1.50 bits per heavy atom. The zero-order valence-corrected chi connectivity index (χ0v) is 8.61. The van der Waals surface area contributed by atoms with E-state index in [1.54, 1.807) is 0 Å². The van der Waals surface area contributed by atoms with Gasteiger partial charge in [0.25, 0.3) is 0 Å². The highest BCUT2D eigenvalue weighted by Crippen LogP contribution is 2.21. The Labute approximate surface area is 91.3 Å². The van der Waals surface area contributed by atoms with Crippen molar-refractivity contribution in [1.82, 2.24) is 5.32 Å². The number of hydrogen-bond donors (Lipinski definition) is 5. The number of aliphatic hydroxyl groups excluding tert-OH is 3. The molecule has 1 aliphatic heterocycles. The maximum Gasteiger partial charge on any atom is 0.217 e. The topological polar surface area (TPSA) is 128 Å². The van der Waals surface area contributed by atoms with Gasteiger partial charge >= 0.3 is 0 Å². The summed E-state index contributed by atoms with van der Waals surface area (Å²) in [6, 6.07) is -1.11. The van der Waals surface area contributed by atoms with Crippen LogP contribution >= 0.6 is 0 Å². The molecule has 0 radical (unpaired) electrons. The molecular formula is C8H15NO7. The van der Waals surface area contributed by atoms with Crippen molar-refractivity contribution < 1.29 is 35.0 Å². The van der Waals surface area contributed by atoms with Gasteiger partial charge in [-0.3, -0.25) is 10.1 Å². The van der Waals surface area contributed by atoms with Gasteiger partial charge in [0.15, 0.2) is 6.29 Å². The number of hydrogen-bond acceptors (Lipinski definition) is 7. The summed E-state index contributed by atoms with van der Waals surface area (Å²) < 4.78 is 4.84. The van der Waals surface area contributed by atoms with Gasteiger partial charge in [0, 0.05) is 6.92 Å². The minimum absolute atomic E-state index is 0.482. The van der Waals surface area contributed by atoms with Crippen LogP contribution in [0.15, 0.2) is 0 Å². The molecule has 1 fully saturated rings. The summed E-state index contributed by atoms with van der Waals surface area (Å²) in [5, 5.41) is 38.8. The molecule has 1 aliphatic rings. The minimum atomic E-state index is -1.48. The van der Waals surface area contributed by atoms with Crippen LogP contribution < -0.4 is 5.32 Å². The van der Waals surface area contributed by atoms with Crippen molar-refractivity contribution in [2.24, 2.45) is 0 Å². The number of ether oxygens (including phenoxy) is 1. The summed E-state index contributed by atoms with van der Waals surface area (Å²) in [5.41, 5.74) is 0. The smallest absolute Gasteiger partial charge is 0.217 e. The number of carbonyl (C=O) groups is 1. The second-order valence-corrected chi connectivity index (χ2v) is 3.53. The molecule has 0 spiro atoms. The van der Waals surface area contributed by atoms with Gasteiger partial charge in [-0.2, -0.15) is 0 Å². The van der Waals surface area contributed by atoms with Crippen molar-refractivity contribution in [3.8, 4) is 0 Å². The summed E-state index contributed by atoms with van der Waals surface area (Å²) in [6.07, 6.45) is -5.21. The fourth-order valence-corrected chi connectivity index (χ4v) is 1.60. The maximum absolute atomic E-state index is 10.8. The SMILES string of the molecule is CC(=O)N[C@@H]1[C@@H](OO)[C@H](O)[C@@H](CO)O[C@@H]1O. The average Bonchev–Trinajstić information content (AvgIpc) is 2.23. The standard InChI is InChI=1S/C8H15NO7/c1-3(11)9-5-7(16-14)6(12)4(2-10)15-8(5)13/h4-8,10,12-14H,2H2,1H3,(H,9,11)/t4-,5-,6-,7-,8+/m1/s1. The van der Waals surface area contributed by atoms with E-state index in [0.29, 0.717) is 0 Å². The van der Waals surface area contributed by atoms with Gasteiger partial charge in [0.05, 0.1) is 6.61 Å². The van der Waals surface area contributed by atoms with Crippen LogP contribution in [-0.4, -0.2) is 63.7 Å². The number of amides is 1. The van der Waals surface area contributed by atoms with E-state index in [2.05, 4.69) is 10.2 Å². The molecule has 0 bridgehead atoms. The molecule has 5 atom stereocenters. The maximum atomic E-state index is 10.8. The Morgan fingerprint density at radius 3 is 2.56 bits per heavy atom. The van der Waals surface area contributed by atoms with Crippen LogP contribution in [0.25, 0.3) is 0 Å². The van der Waals surface area contributed by atoms with Crippen molar-refractivity contribution in [2.45, 2.75) is 37.6 Å². The molecule has 8 heteroatoms. The molecule has 16 heavy (non-hydrogen) atoms. The second kappa shape index (κ2) is 5.53. The van der Waals surface area contributed by atoms with Crippen LogP contribution in [0.5, 0.6) is 0 Å². The molecule has 5 N–H and O–H groups in total. The van der Waals surface area contributed by atoms with E-state index in [-0.39, 0.29) is 0 Å². The van der Waals surface area contributed by atoms with Gasteiger partial charge in [-0.25, -0.2) is 4.89 Å². The Hall–Kier alpha value is -0.770. The lowest BCUT2D eigenvalue weighted by Crippen LogP contribution is -2.64. The summed E-state index contributed by atoms with van der Waals surface area (Å²) in [5.74, 6) is -0.482. The lowest BCUT2D eigenvalue weighted by atomic mass is 9.97. The zero-order valence-electron chi connectivity index (χ0n) is 8.61. The second-order valence-electron chi connectivity index (χ2n) is 3.53. The highest BCUT2D eigenvalue weighted by Gasteiger charge is 2.46. The van der Waals surface area contributed by atoms with Crippen LogP contribution in [-0.2, 0) is 14.4 Å². The van der Waals surface area contributed by atoms with E-state index in [0.717, 1.165) is 0 Å². The van der Waals surface area contributed by atoms with Crippen LogP contribution in [0.2, 0.25) is 0 Å². The molecule has 1 rings (SSSR count). The summed E-state index contributed by atoms with van der Waals surface area (Å²) in [7, 11) is 0. The Morgan fingerprint density at radius 2 is 2.12 bits per heavy atom. The van der Waals surface area contributed by atoms with Gasteiger partial charge in [0.1, 0.15) is 24.4 Å².